The number of urea groups is 1. The van der Waals surface area contributed by atoms with E-state index in [1.54, 1.807) is 25.3 Å². The van der Waals surface area contributed by atoms with Crippen LogP contribution in [-0.2, 0) is 6.54 Å². The number of amides is 2. The van der Waals surface area contributed by atoms with Crippen molar-refractivity contribution in [1.29, 1.82) is 0 Å². The minimum Gasteiger partial charge on any atom is -0.332 e. The van der Waals surface area contributed by atoms with Crippen LogP contribution < -0.4 is 10.6 Å². The lowest BCUT2D eigenvalue weighted by Crippen LogP contribution is -2.36. The summed E-state index contributed by atoms with van der Waals surface area (Å²) in [6, 6.07) is 8.09. The SMILES string of the molecule is CC(NC(=O)NCc1ccccn1)c1ccc(F)c(F)c1. The van der Waals surface area contributed by atoms with Crippen LogP contribution in [0.1, 0.15) is 24.2 Å². The molecule has 0 saturated carbocycles. The van der Waals surface area contributed by atoms with E-state index in [4.69, 9.17) is 0 Å². The Kier molecular flexibility index (Phi) is 4.81. The van der Waals surface area contributed by atoms with Gasteiger partial charge in [-0.15, -0.1) is 0 Å². The van der Waals surface area contributed by atoms with E-state index in [2.05, 4.69) is 15.6 Å². The molecule has 110 valence electrons. The van der Waals surface area contributed by atoms with Gasteiger partial charge in [0.05, 0.1) is 18.3 Å². The zero-order valence-corrected chi connectivity index (χ0v) is 11.4. The molecule has 21 heavy (non-hydrogen) atoms. The van der Waals surface area contributed by atoms with E-state index in [1.165, 1.54) is 6.07 Å². The normalized spacial score (nSPS) is 11.8. The molecule has 0 radical (unpaired) electrons. The number of halogens is 2. The van der Waals surface area contributed by atoms with Gasteiger partial charge in [0, 0.05) is 6.20 Å². The average molecular weight is 291 g/mol. The Morgan fingerprint density at radius 1 is 1.24 bits per heavy atom. The standard InChI is InChI=1S/C15H15F2N3O/c1-10(11-5-6-13(16)14(17)8-11)20-15(21)19-9-12-4-2-3-7-18-12/h2-8,10H,9H2,1H3,(H2,19,20,21). The average Bonchev–Trinajstić information content (AvgIpc) is 2.49. The van der Waals surface area contributed by atoms with Gasteiger partial charge in [-0.3, -0.25) is 4.98 Å². The third-order valence-electron chi connectivity index (χ3n) is 2.95. The quantitative estimate of drug-likeness (QED) is 0.910. The van der Waals surface area contributed by atoms with Gasteiger partial charge < -0.3 is 10.6 Å². The molecule has 1 atom stereocenters. The fraction of sp³-hybridized carbons (Fsp3) is 0.200. The first-order valence-electron chi connectivity index (χ1n) is 6.45. The molecule has 0 aliphatic rings. The Morgan fingerprint density at radius 2 is 2.05 bits per heavy atom. The highest BCUT2D eigenvalue weighted by molar-refractivity contribution is 5.74. The van der Waals surface area contributed by atoms with Gasteiger partial charge in [0.15, 0.2) is 11.6 Å². The highest BCUT2D eigenvalue weighted by Crippen LogP contribution is 2.15. The van der Waals surface area contributed by atoms with Crippen molar-refractivity contribution in [3.05, 3.63) is 65.5 Å². The van der Waals surface area contributed by atoms with Gasteiger partial charge in [0.2, 0.25) is 0 Å². The first kappa shape index (κ1) is 14.9. The van der Waals surface area contributed by atoms with Crippen LogP contribution in [0.4, 0.5) is 13.6 Å². The maximum atomic E-state index is 13.1. The number of hydrogen-bond donors (Lipinski definition) is 2. The molecule has 1 aromatic carbocycles. The molecule has 2 aromatic rings. The Morgan fingerprint density at radius 3 is 2.71 bits per heavy atom. The van der Waals surface area contributed by atoms with Crippen LogP contribution in [0.15, 0.2) is 42.6 Å². The molecule has 0 aliphatic heterocycles. The predicted octanol–water partition coefficient (Wildman–Crippen LogP) is 2.92. The lowest BCUT2D eigenvalue weighted by molar-refractivity contribution is 0.237. The third kappa shape index (κ3) is 4.24. The summed E-state index contributed by atoms with van der Waals surface area (Å²) in [5, 5.41) is 5.29. The predicted molar refractivity (Wildman–Crippen MR) is 74.4 cm³/mol. The van der Waals surface area contributed by atoms with Crippen molar-refractivity contribution in [2.45, 2.75) is 19.5 Å². The molecule has 1 heterocycles. The number of hydrogen-bond acceptors (Lipinski definition) is 2. The van der Waals surface area contributed by atoms with E-state index in [1.807, 2.05) is 6.07 Å². The maximum Gasteiger partial charge on any atom is 0.315 e. The summed E-state index contributed by atoms with van der Waals surface area (Å²) in [6.07, 6.45) is 1.64. The van der Waals surface area contributed by atoms with Crippen LogP contribution in [0.3, 0.4) is 0 Å². The van der Waals surface area contributed by atoms with Gasteiger partial charge in [-0.2, -0.15) is 0 Å². The van der Waals surface area contributed by atoms with Crippen molar-refractivity contribution in [3.63, 3.8) is 0 Å². The van der Waals surface area contributed by atoms with Crippen LogP contribution in [0.5, 0.6) is 0 Å². The summed E-state index contributed by atoms with van der Waals surface area (Å²) in [5.41, 5.74) is 1.22. The number of pyridine rings is 1. The van der Waals surface area contributed by atoms with Crippen molar-refractivity contribution in [1.82, 2.24) is 15.6 Å². The number of nitrogens with one attached hydrogen (secondary N) is 2. The van der Waals surface area contributed by atoms with E-state index in [0.29, 0.717) is 5.56 Å². The van der Waals surface area contributed by atoms with Crippen molar-refractivity contribution in [3.8, 4) is 0 Å². The van der Waals surface area contributed by atoms with Crippen LogP contribution in [0, 0.1) is 11.6 Å². The van der Waals surface area contributed by atoms with Crippen molar-refractivity contribution in [2.75, 3.05) is 0 Å². The molecular weight excluding hydrogens is 276 g/mol. The van der Waals surface area contributed by atoms with E-state index in [-0.39, 0.29) is 6.54 Å². The summed E-state index contributed by atoms with van der Waals surface area (Å²) in [5.74, 6) is -1.85. The van der Waals surface area contributed by atoms with Crippen LogP contribution >= 0.6 is 0 Å². The number of nitrogens with zero attached hydrogens (tertiary/aromatic N) is 1. The number of aromatic nitrogens is 1. The fourth-order valence-corrected chi connectivity index (χ4v) is 1.79. The van der Waals surface area contributed by atoms with Crippen LogP contribution in [0.2, 0.25) is 0 Å². The Balaban J connectivity index is 1.88. The van der Waals surface area contributed by atoms with E-state index < -0.39 is 23.7 Å². The molecule has 4 nitrogen and oxygen atoms in total. The van der Waals surface area contributed by atoms with E-state index in [0.717, 1.165) is 17.8 Å². The van der Waals surface area contributed by atoms with E-state index >= 15 is 0 Å². The number of carbonyl (C=O) groups excluding carboxylic acids is 1. The molecule has 0 spiro atoms. The van der Waals surface area contributed by atoms with E-state index in [9.17, 15) is 13.6 Å². The topological polar surface area (TPSA) is 54.0 Å². The van der Waals surface area contributed by atoms with Gasteiger partial charge in [0.25, 0.3) is 0 Å². The Hall–Kier alpha value is -2.50. The second kappa shape index (κ2) is 6.78. The lowest BCUT2D eigenvalue weighted by Gasteiger charge is -2.15. The molecule has 0 saturated heterocycles. The van der Waals surface area contributed by atoms with Gasteiger partial charge >= 0.3 is 6.03 Å². The highest BCUT2D eigenvalue weighted by atomic mass is 19.2. The third-order valence-corrected chi connectivity index (χ3v) is 2.95. The highest BCUT2D eigenvalue weighted by Gasteiger charge is 2.11. The second-order valence-electron chi connectivity index (χ2n) is 4.54. The van der Waals surface area contributed by atoms with Gasteiger partial charge in [0.1, 0.15) is 0 Å². The molecule has 1 aromatic heterocycles. The number of rotatable bonds is 4. The summed E-state index contributed by atoms with van der Waals surface area (Å²) >= 11 is 0. The zero-order valence-electron chi connectivity index (χ0n) is 11.4. The Bertz CT molecular complexity index is 620. The monoisotopic (exact) mass is 291 g/mol. The molecular formula is C15H15F2N3O. The molecule has 0 aliphatic carbocycles. The minimum absolute atomic E-state index is 0.289. The minimum atomic E-state index is -0.935. The smallest absolute Gasteiger partial charge is 0.315 e. The summed E-state index contributed by atoms with van der Waals surface area (Å²) in [7, 11) is 0. The molecule has 2 N–H and O–H groups in total. The molecule has 2 amide bonds. The summed E-state index contributed by atoms with van der Waals surface area (Å²) < 4.78 is 26.0. The van der Waals surface area contributed by atoms with Crippen molar-refractivity contribution >= 4 is 6.03 Å². The number of carbonyl (C=O) groups is 1. The summed E-state index contributed by atoms with van der Waals surface area (Å²) in [6.45, 7) is 1.98. The van der Waals surface area contributed by atoms with Gasteiger partial charge in [-0.05, 0) is 36.8 Å². The van der Waals surface area contributed by atoms with Crippen LogP contribution in [-0.4, -0.2) is 11.0 Å². The Labute approximate surface area is 121 Å². The molecule has 0 bridgehead atoms. The lowest BCUT2D eigenvalue weighted by atomic mass is 10.1. The molecule has 6 heteroatoms. The largest absolute Gasteiger partial charge is 0.332 e. The van der Waals surface area contributed by atoms with Crippen molar-refractivity contribution in [2.24, 2.45) is 0 Å². The maximum absolute atomic E-state index is 13.1. The first-order valence-corrected chi connectivity index (χ1v) is 6.45. The first-order chi connectivity index (χ1) is 10.1. The molecule has 2 rings (SSSR count). The molecule has 0 fully saturated rings. The molecule has 1 unspecified atom stereocenters. The second-order valence-corrected chi connectivity index (χ2v) is 4.54. The zero-order chi connectivity index (χ0) is 15.2. The van der Waals surface area contributed by atoms with Gasteiger partial charge in [-0.25, -0.2) is 13.6 Å². The number of benzene rings is 1. The van der Waals surface area contributed by atoms with Crippen molar-refractivity contribution < 1.29 is 13.6 Å². The summed E-state index contributed by atoms with van der Waals surface area (Å²) in [4.78, 5) is 15.8. The van der Waals surface area contributed by atoms with Crippen LogP contribution in [0.25, 0.3) is 0 Å². The fourth-order valence-electron chi connectivity index (χ4n) is 1.79. The van der Waals surface area contributed by atoms with Gasteiger partial charge in [-0.1, -0.05) is 12.1 Å².